The van der Waals surface area contributed by atoms with Gasteiger partial charge in [0.15, 0.2) is 5.78 Å². The highest BCUT2D eigenvalue weighted by Gasteiger charge is 2.29. The Kier molecular flexibility index (Phi) is 4.97. The Labute approximate surface area is 147 Å². The summed E-state index contributed by atoms with van der Waals surface area (Å²) in [6.07, 6.45) is 4.80. The summed E-state index contributed by atoms with van der Waals surface area (Å²) >= 11 is 0. The van der Waals surface area contributed by atoms with Crippen LogP contribution in [-0.4, -0.2) is 37.9 Å². The second-order valence-corrected chi connectivity index (χ2v) is 6.61. The number of piperidine rings is 1. The molecule has 132 valence electrons. The van der Waals surface area contributed by atoms with Crippen molar-refractivity contribution in [1.82, 2.24) is 19.7 Å². The first kappa shape index (κ1) is 17.3. The summed E-state index contributed by atoms with van der Waals surface area (Å²) in [5.41, 5.74) is 2.99. The van der Waals surface area contributed by atoms with Crippen LogP contribution < -0.4 is 0 Å². The number of ketones is 1. The van der Waals surface area contributed by atoms with Crippen molar-refractivity contribution in [3.8, 4) is 0 Å². The van der Waals surface area contributed by atoms with E-state index in [4.69, 9.17) is 0 Å². The number of hydrogen-bond acceptors (Lipinski definition) is 4. The molecule has 2 aromatic rings. The van der Waals surface area contributed by atoms with Crippen LogP contribution in [0.4, 0.5) is 0 Å². The van der Waals surface area contributed by atoms with Crippen LogP contribution in [0, 0.1) is 13.8 Å². The van der Waals surface area contributed by atoms with Crippen LogP contribution >= 0.6 is 0 Å². The molecule has 0 aromatic carbocycles. The number of likely N-dealkylation sites (tertiary alicyclic amines) is 1. The second-order valence-electron chi connectivity index (χ2n) is 6.61. The molecule has 3 rings (SSSR count). The Morgan fingerprint density at radius 3 is 2.68 bits per heavy atom. The molecule has 0 saturated carbocycles. The predicted molar refractivity (Wildman–Crippen MR) is 94.2 cm³/mol. The van der Waals surface area contributed by atoms with Crippen LogP contribution in [0.5, 0.6) is 0 Å². The molecule has 1 saturated heterocycles. The Bertz CT molecular complexity index is 782. The molecule has 1 amide bonds. The van der Waals surface area contributed by atoms with Crippen LogP contribution in [0.15, 0.2) is 24.4 Å². The van der Waals surface area contributed by atoms with Gasteiger partial charge < -0.3 is 4.90 Å². The topological polar surface area (TPSA) is 68.1 Å². The van der Waals surface area contributed by atoms with Crippen molar-refractivity contribution in [3.63, 3.8) is 0 Å². The number of rotatable bonds is 4. The molecule has 1 atom stereocenters. The minimum absolute atomic E-state index is 0.0157. The third kappa shape index (κ3) is 3.48. The third-order valence-corrected chi connectivity index (χ3v) is 4.87. The Balaban J connectivity index is 1.82. The Hall–Kier alpha value is -2.50. The Morgan fingerprint density at radius 2 is 2.04 bits per heavy atom. The van der Waals surface area contributed by atoms with E-state index < -0.39 is 0 Å². The first-order chi connectivity index (χ1) is 12.0. The van der Waals surface area contributed by atoms with E-state index in [0.717, 1.165) is 37.2 Å². The lowest BCUT2D eigenvalue weighted by atomic mass is 9.98. The van der Waals surface area contributed by atoms with E-state index in [1.165, 1.54) is 6.92 Å². The molecule has 6 heteroatoms. The van der Waals surface area contributed by atoms with Crippen molar-refractivity contribution in [2.24, 2.45) is 0 Å². The second kappa shape index (κ2) is 7.17. The number of nitrogens with zero attached hydrogens (tertiary/aromatic N) is 4. The summed E-state index contributed by atoms with van der Waals surface area (Å²) in [5, 5.41) is 4.40. The number of aromatic nitrogens is 3. The van der Waals surface area contributed by atoms with E-state index >= 15 is 0 Å². The summed E-state index contributed by atoms with van der Waals surface area (Å²) in [7, 11) is 0. The number of Topliss-reactive ketones (excluding diaryl/α,β-unsaturated/α-hetero) is 1. The van der Waals surface area contributed by atoms with Crippen molar-refractivity contribution in [2.45, 2.75) is 52.6 Å². The van der Waals surface area contributed by atoms with E-state index in [-0.39, 0.29) is 24.3 Å². The molecular weight excluding hydrogens is 316 g/mol. The fourth-order valence-corrected chi connectivity index (χ4v) is 3.69. The summed E-state index contributed by atoms with van der Waals surface area (Å²) in [5.74, 6) is 0.00842. The van der Waals surface area contributed by atoms with Crippen LogP contribution in [0.1, 0.15) is 59.7 Å². The molecule has 1 unspecified atom stereocenters. The Morgan fingerprint density at radius 1 is 1.24 bits per heavy atom. The van der Waals surface area contributed by atoms with Crippen molar-refractivity contribution < 1.29 is 9.59 Å². The van der Waals surface area contributed by atoms with Gasteiger partial charge >= 0.3 is 0 Å². The minimum atomic E-state index is -0.0157. The zero-order valence-electron chi connectivity index (χ0n) is 15.0. The van der Waals surface area contributed by atoms with Gasteiger partial charge in [0.1, 0.15) is 6.54 Å². The highest BCUT2D eigenvalue weighted by atomic mass is 16.2. The standard InChI is InChI=1S/C19H24N4O2/c1-13-19(15(3)24)14(2)23(21-13)12-18(25)22-11-7-5-9-17(22)16-8-4-6-10-20-16/h4,6,8,10,17H,5,7,9,11-12H2,1-3H3. The fraction of sp³-hybridized carbons (Fsp3) is 0.474. The maximum absolute atomic E-state index is 12.9. The molecule has 1 aliphatic rings. The van der Waals surface area contributed by atoms with Gasteiger partial charge in [-0.3, -0.25) is 19.3 Å². The molecule has 2 aromatic heterocycles. The average molecular weight is 340 g/mol. The smallest absolute Gasteiger partial charge is 0.244 e. The number of aryl methyl sites for hydroxylation is 1. The third-order valence-electron chi connectivity index (χ3n) is 4.87. The molecule has 0 bridgehead atoms. The maximum Gasteiger partial charge on any atom is 0.244 e. The molecule has 0 N–H and O–H groups in total. The lowest BCUT2D eigenvalue weighted by Crippen LogP contribution is -2.40. The molecule has 1 fully saturated rings. The number of carbonyl (C=O) groups is 2. The van der Waals surface area contributed by atoms with E-state index in [2.05, 4.69) is 10.1 Å². The van der Waals surface area contributed by atoms with Gasteiger partial charge in [0.25, 0.3) is 0 Å². The molecule has 0 radical (unpaired) electrons. The molecule has 0 aliphatic carbocycles. The molecule has 0 spiro atoms. The van der Waals surface area contributed by atoms with Gasteiger partial charge in [-0.15, -0.1) is 0 Å². The van der Waals surface area contributed by atoms with Crippen LogP contribution in [0.25, 0.3) is 0 Å². The van der Waals surface area contributed by atoms with Crippen molar-refractivity contribution in [2.75, 3.05) is 6.54 Å². The van der Waals surface area contributed by atoms with Crippen molar-refractivity contribution in [3.05, 3.63) is 47.0 Å². The normalized spacial score (nSPS) is 17.6. The van der Waals surface area contributed by atoms with Gasteiger partial charge in [-0.25, -0.2) is 0 Å². The van der Waals surface area contributed by atoms with E-state index in [0.29, 0.717) is 11.3 Å². The van der Waals surface area contributed by atoms with Crippen LogP contribution in [0.3, 0.4) is 0 Å². The zero-order valence-corrected chi connectivity index (χ0v) is 15.0. The van der Waals surface area contributed by atoms with Gasteiger partial charge in [-0.05, 0) is 52.2 Å². The summed E-state index contributed by atoms with van der Waals surface area (Å²) in [6, 6.07) is 5.84. The monoisotopic (exact) mass is 340 g/mol. The van der Waals surface area contributed by atoms with Crippen molar-refractivity contribution >= 4 is 11.7 Å². The van der Waals surface area contributed by atoms with E-state index in [9.17, 15) is 9.59 Å². The molecule has 25 heavy (non-hydrogen) atoms. The van der Waals surface area contributed by atoms with Crippen LogP contribution in [-0.2, 0) is 11.3 Å². The van der Waals surface area contributed by atoms with Gasteiger partial charge in [0.2, 0.25) is 5.91 Å². The van der Waals surface area contributed by atoms with Crippen LogP contribution in [0.2, 0.25) is 0 Å². The first-order valence-electron chi connectivity index (χ1n) is 8.74. The van der Waals surface area contributed by atoms with E-state index in [1.807, 2.05) is 36.9 Å². The highest BCUT2D eigenvalue weighted by Crippen LogP contribution is 2.30. The molecular formula is C19H24N4O2. The molecule has 6 nitrogen and oxygen atoms in total. The van der Waals surface area contributed by atoms with Gasteiger partial charge in [-0.1, -0.05) is 6.07 Å². The summed E-state index contributed by atoms with van der Waals surface area (Å²) in [6.45, 7) is 6.08. The zero-order chi connectivity index (χ0) is 18.0. The fourth-order valence-electron chi connectivity index (χ4n) is 3.69. The maximum atomic E-state index is 12.9. The molecule has 3 heterocycles. The lowest BCUT2D eigenvalue weighted by molar-refractivity contribution is -0.136. The van der Waals surface area contributed by atoms with Gasteiger partial charge in [0, 0.05) is 18.4 Å². The summed E-state index contributed by atoms with van der Waals surface area (Å²) < 4.78 is 1.65. The number of pyridine rings is 1. The lowest BCUT2D eigenvalue weighted by Gasteiger charge is -2.35. The van der Waals surface area contributed by atoms with E-state index in [1.54, 1.807) is 10.9 Å². The number of carbonyl (C=O) groups excluding carboxylic acids is 2. The predicted octanol–water partition coefficient (Wildman–Crippen LogP) is 2.85. The highest BCUT2D eigenvalue weighted by molar-refractivity contribution is 5.96. The quantitative estimate of drug-likeness (QED) is 0.803. The first-order valence-corrected chi connectivity index (χ1v) is 8.74. The van der Waals surface area contributed by atoms with Crippen molar-refractivity contribution in [1.29, 1.82) is 0 Å². The largest absolute Gasteiger partial charge is 0.332 e. The average Bonchev–Trinajstić information content (AvgIpc) is 2.89. The minimum Gasteiger partial charge on any atom is -0.332 e. The van der Waals surface area contributed by atoms with Gasteiger partial charge in [0.05, 0.1) is 23.0 Å². The molecule has 1 aliphatic heterocycles. The SMILES string of the molecule is CC(=O)c1c(C)nn(CC(=O)N2CCCCC2c2ccccn2)c1C. The van der Waals surface area contributed by atoms with Gasteiger partial charge in [-0.2, -0.15) is 5.10 Å². The number of hydrogen-bond donors (Lipinski definition) is 0. The summed E-state index contributed by atoms with van der Waals surface area (Å²) in [4.78, 5) is 31.1. The number of amides is 1.